The van der Waals surface area contributed by atoms with Gasteiger partial charge in [0.25, 0.3) is 0 Å². The van der Waals surface area contributed by atoms with Crippen molar-refractivity contribution in [1.82, 2.24) is 9.71 Å². The summed E-state index contributed by atoms with van der Waals surface area (Å²) in [5.41, 5.74) is -0.640. The Kier molecular flexibility index (Phi) is 6.61. The number of pyridine rings is 1. The Bertz CT molecular complexity index is 1010. The Morgan fingerprint density at radius 3 is 2.53 bits per heavy atom. The molecule has 1 amide bonds. The Morgan fingerprint density at radius 1 is 1.10 bits per heavy atom. The predicted molar refractivity (Wildman–Crippen MR) is 106 cm³/mol. The Hall–Kier alpha value is -2.66. The van der Waals surface area contributed by atoms with Gasteiger partial charge in [0.05, 0.1) is 22.7 Å². The third-order valence-electron chi connectivity index (χ3n) is 4.61. The first kappa shape index (κ1) is 22.0. The van der Waals surface area contributed by atoms with Crippen LogP contribution in [-0.2, 0) is 21.0 Å². The summed E-state index contributed by atoms with van der Waals surface area (Å²) in [6.45, 7) is 0.983. The molecule has 0 spiro atoms. The number of nitrogens with zero attached hydrogens (tertiary/aromatic N) is 2. The topological polar surface area (TPSA) is 91.4 Å². The summed E-state index contributed by atoms with van der Waals surface area (Å²) in [6.07, 6.45) is 0.0911. The van der Waals surface area contributed by atoms with Crippen LogP contribution in [0.25, 0.3) is 0 Å². The summed E-state index contributed by atoms with van der Waals surface area (Å²) in [5, 5.41) is 2.62. The normalized spacial score (nSPS) is 15.1. The molecule has 1 aliphatic heterocycles. The molecule has 3 rings (SSSR count). The average Bonchev–Trinajstić information content (AvgIpc) is 2.73. The first-order valence-electron chi connectivity index (χ1n) is 9.33. The largest absolute Gasteiger partial charge is 0.416 e. The van der Waals surface area contributed by atoms with Gasteiger partial charge in [0, 0.05) is 19.3 Å². The molecule has 0 aliphatic carbocycles. The van der Waals surface area contributed by atoms with Crippen molar-refractivity contribution < 1.29 is 26.4 Å². The highest BCUT2D eigenvalue weighted by atomic mass is 32.2. The minimum absolute atomic E-state index is 0.447. The predicted octanol–water partition coefficient (Wildman–Crippen LogP) is 3.01. The van der Waals surface area contributed by atoms with Gasteiger partial charge in [-0.2, -0.15) is 13.2 Å². The summed E-state index contributed by atoms with van der Waals surface area (Å²) in [5.74, 6) is -0.0527. The number of piperidine rings is 1. The van der Waals surface area contributed by atoms with Crippen LogP contribution in [0.4, 0.5) is 24.7 Å². The van der Waals surface area contributed by atoms with E-state index in [0.29, 0.717) is 17.6 Å². The zero-order valence-corrected chi connectivity index (χ0v) is 16.8. The highest BCUT2D eigenvalue weighted by Gasteiger charge is 2.31. The van der Waals surface area contributed by atoms with Crippen molar-refractivity contribution in [1.29, 1.82) is 0 Å². The molecular formula is C19H21F3N4O3S. The molecule has 2 aromatic rings. The van der Waals surface area contributed by atoms with Crippen molar-refractivity contribution in [3.05, 3.63) is 48.2 Å². The SMILES string of the molecule is O=C(CNS(=O)(=O)c1cccc(C(F)(F)F)c1)Nc1cccnc1N1CCCCC1. The van der Waals surface area contributed by atoms with Gasteiger partial charge in [-0.1, -0.05) is 6.07 Å². The van der Waals surface area contributed by atoms with Crippen molar-refractivity contribution in [2.75, 3.05) is 29.9 Å². The molecule has 1 saturated heterocycles. The standard InChI is InChI=1S/C19H21F3N4O3S/c20-19(21,22)14-6-4-7-15(12-14)30(28,29)24-13-17(27)25-16-8-5-9-23-18(16)26-10-2-1-3-11-26/h4-9,12,24H,1-3,10-11,13H2,(H,25,27). The zero-order chi connectivity index (χ0) is 21.8. The van der Waals surface area contributed by atoms with E-state index in [1.807, 2.05) is 9.62 Å². The molecule has 1 aromatic carbocycles. The lowest BCUT2D eigenvalue weighted by Crippen LogP contribution is -2.34. The van der Waals surface area contributed by atoms with Crippen molar-refractivity contribution in [3.8, 4) is 0 Å². The van der Waals surface area contributed by atoms with E-state index in [-0.39, 0.29) is 0 Å². The maximum atomic E-state index is 12.8. The number of nitrogens with one attached hydrogen (secondary N) is 2. The van der Waals surface area contributed by atoms with Crippen LogP contribution in [0.2, 0.25) is 0 Å². The lowest BCUT2D eigenvalue weighted by molar-refractivity contribution is -0.137. The number of carbonyl (C=O) groups excluding carboxylic acids is 1. The number of benzene rings is 1. The molecule has 30 heavy (non-hydrogen) atoms. The van der Waals surface area contributed by atoms with Gasteiger partial charge in [0.1, 0.15) is 0 Å². The van der Waals surface area contributed by atoms with Crippen molar-refractivity contribution >= 4 is 27.4 Å². The summed E-state index contributed by atoms with van der Waals surface area (Å²) < 4.78 is 65.1. The van der Waals surface area contributed by atoms with Crippen LogP contribution in [-0.4, -0.2) is 38.9 Å². The van der Waals surface area contributed by atoms with E-state index < -0.39 is 39.1 Å². The molecule has 0 radical (unpaired) electrons. The molecule has 1 fully saturated rings. The number of hydrogen-bond donors (Lipinski definition) is 2. The molecule has 1 aromatic heterocycles. The number of rotatable bonds is 6. The first-order chi connectivity index (χ1) is 14.2. The van der Waals surface area contributed by atoms with Crippen LogP contribution >= 0.6 is 0 Å². The number of sulfonamides is 1. The van der Waals surface area contributed by atoms with E-state index in [9.17, 15) is 26.4 Å². The number of carbonyl (C=O) groups is 1. The van der Waals surface area contributed by atoms with Gasteiger partial charge in [-0.25, -0.2) is 18.1 Å². The van der Waals surface area contributed by atoms with Crippen LogP contribution in [0.5, 0.6) is 0 Å². The second-order valence-electron chi connectivity index (χ2n) is 6.82. The van der Waals surface area contributed by atoms with Crippen LogP contribution in [0.3, 0.4) is 0 Å². The second kappa shape index (κ2) is 9.00. The number of aromatic nitrogens is 1. The molecule has 2 heterocycles. The molecule has 1 aliphatic rings. The fraction of sp³-hybridized carbons (Fsp3) is 0.368. The van der Waals surface area contributed by atoms with Crippen LogP contribution < -0.4 is 14.9 Å². The Balaban J connectivity index is 1.66. The fourth-order valence-corrected chi connectivity index (χ4v) is 4.16. The highest BCUT2D eigenvalue weighted by molar-refractivity contribution is 7.89. The zero-order valence-electron chi connectivity index (χ0n) is 15.9. The van der Waals surface area contributed by atoms with Crippen LogP contribution in [0.15, 0.2) is 47.5 Å². The Morgan fingerprint density at radius 2 is 1.83 bits per heavy atom. The molecule has 11 heteroatoms. The fourth-order valence-electron chi connectivity index (χ4n) is 3.13. The second-order valence-corrected chi connectivity index (χ2v) is 8.59. The molecular weight excluding hydrogens is 421 g/mol. The van der Waals surface area contributed by atoms with E-state index in [1.165, 1.54) is 0 Å². The van der Waals surface area contributed by atoms with Gasteiger partial charge in [0.15, 0.2) is 5.82 Å². The smallest absolute Gasteiger partial charge is 0.355 e. The Labute approximate surface area is 172 Å². The summed E-state index contributed by atoms with van der Waals surface area (Å²) in [6, 6.07) is 6.64. The quantitative estimate of drug-likeness (QED) is 0.718. The van der Waals surface area contributed by atoms with E-state index in [4.69, 9.17) is 0 Å². The summed E-state index contributed by atoms with van der Waals surface area (Å²) >= 11 is 0. The third-order valence-corrected chi connectivity index (χ3v) is 6.01. The maximum absolute atomic E-state index is 12.8. The lowest BCUT2D eigenvalue weighted by atomic mass is 10.1. The van der Waals surface area contributed by atoms with Gasteiger partial charge < -0.3 is 10.2 Å². The summed E-state index contributed by atoms with van der Waals surface area (Å²) in [4.78, 5) is 18.1. The van der Waals surface area contributed by atoms with Crippen LogP contribution in [0.1, 0.15) is 24.8 Å². The number of amides is 1. The highest BCUT2D eigenvalue weighted by Crippen LogP contribution is 2.30. The maximum Gasteiger partial charge on any atom is 0.416 e. The molecule has 0 bridgehead atoms. The molecule has 7 nitrogen and oxygen atoms in total. The lowest BCUT2D eigenvalue weighted by Gasteiger charge is -2.29. The van der Waals surface area contributed by atoms with Gasteiger partial charge in [-0.3, -0.25) is 4.79 Å². The van der Waals surface area contributed by atoms with Crippen molar-refractivity contribution in [3.63, 3.8) is 0 Å². The van der Waals surface area contributed by atoms with Crippen molar-refractivity contribution in [2.24, 2.45) is 0 Å². The number of alkyl halides is 3. The number of anilines is 2. The van der Waals surface area contributed by atoms with Gasteiger partial charge in [0.2, 0.25) is 15.9 Å². The average molecular weight is 442 g/mol. The minimum Gasteiger partial charge on any atom is -0.355 e. The van der Waals surface area contributed by atoms with Crippen LogP contribution in [0, 0.1) is 0 Å². The van der Waals surface area contributed by atoms with Crippen molar-refractivity contribution in [2.45, 2.75) is 30.3 Å². The van der Waals surface area contributed by atoms with Gasteiger partial charge >= 0.3 is 6.18 Å². The van der Waals surface area contributed by atoms with Gasteiger partial charge in [-0.05, 0) is 49.6 Å². The molecule has 2 N–H and O–H groups in total. The number of halogens is 3. The van der Waals surface area contributed by atoms with E-state index in [1.54, 1.807) is 18.3 Å². The third kappa shape index (κ3) is 5.48. The van der Waals surface area contributed by atoms with E-state index in [0.717, 1.165) is 50.6 Å². The molecule has 0 unspecified atom stereocenters. The van der Waals surface area contributed by atoms with E-state index >= 15 is 0 Å². The first-order valence-corrected chi connectivity index (χ1v) is 10.8. The minimum atomic E-state index is -4.67. The van der Waals surface area contributed by atoms with Gasteiger partial charge in [-0.15, -0.1) is 0 Å². The summed E-state index contributed by atoms with van der Waals surface area (Å²) in [7, 11) is -4.30. The van der Waals surface area contributed by atoms with E-state index in [2.05, 4.69) is 10.3 Å². The molecule has 162 valence electrons. The number of hydrogen-bond acceptors (Lipinski definition) is 5. The monoisotopic (exact) mass is 442 g/mol. The molecule has 0 saturated carbocycles. The molecule has 0 atom stereocenters.